The van der Waals surface area contributed by atoms with Crippen molar-refractivity contribution >= 4 is 6.47 Å². The average molecular weight is 240 g/mol. The summed E-state index contributed by atoms with van der Waals surface area (Å²) in [6, 6.07) is 0. The number of hydrogen-bond acceptors (Lipinski definition) is 1. The van der Waals surface area contributed by atoms with E-state index in [2.05, 4.69) is 6.92 Å². The van der Waals surface area contributed by atoms with Crippen molar-refractivity contribution in [1.82, 2.24) is 0 Å². The molecular weight excluding hydrogens is 212 g/mol. The third kappa shape index (κ3) is 4.01. The summed E-state index contributed by atoms with van der Waals surface area (Å²) in [7, 11) is 0. The Bertz CT molecular complexity index is 201. The molecule has 0 aromatic heterocycles. The SMILES string of the molecule is CCC1(C2CCCCC2)CCCCC1.O=CO. The first-order chi connectivity index (χ1) is 8.29. The van der Waals surface area contributed by atoms with Crippen LogP contribution >= 0.6 is 0 Å². The van der Waals surface area contributed by atoms with Gasteiger partial charge in [0.1, 0.15) is 0 Å². The lowest BCUT2D eigenvalue weighted by Crippen LogP contribution is -2.33. The van der Waals surface area contributed by atoms with Gasteiger partial charge in [0.15, 0.2) is 0 Å². The maximum Gasteiger partial charge on any atom is 0.290 e. The molecule has 0 unspecified atom stereocenters. The highest BCUT2D eigenvalue weighted by Gasteiger charge is 2.38. The Morgan fingerprint density at radius 3 is 2.00 bits per heavy atom. The number of rotatable bonds is 2. The van der Waals surface area contributed by atoms with Crippen molar-refractivity contribution in [3.05, 3.63) is 0 Å². The van der Waals surface area contributed by atoms with E-state index in [1.54, 1.807) is 25.7 Å². The van der Waals surface area contributed by atoms with Gasteiger partial charge in [0, 0.05) is 0 Å². The van der Waals surface area contributed by atoms with Crippen LogP contribution in [0.1, 0.15) is 77.6 Å². The lowest BCUT2D eigenvalue weighted by atomic mass is 9.60. The van der Waals surface area contributed by atoms with E-state index in [1.807, 2.05) is 0 Å². The normalized spacial score (nSPS) is 24.5. The van der Waals surface area contributed by atoms with Crippen LogP contribution in [0.15, 0.2) is 0 Å². The van der Waals surface area contributed by atoms with Crippen LogP contribution in [0.25, 0.3) is 0 Å². The van der Waals surface area contributed by atoms with Gasteiger partial charge in [-0.2, -0.15) is 0 Å². The zero-order valence-corrected chi connectivity index (χ0v) is 11.3. The molecule has 2 heteroatoms. The molecule has 17 heavy (non-hydrogen) atoms. The third-order valence-electron chi connectivity index (χ3n) is 5.02. The van der Waals surface area contributed by atoms with E-state index in [0.717, 1.165) is 11.3 Å². The van der Waals surface area contributed by atoms with Gasteiger partial charge in [-0.3, -0.25) is 4.79 Å². The fourth-order valence-corrected chi connectivity index (χ4v) is 4.02. The van der Waals surface area contributed by atoms with E-state index < -0.39 is 0 Å². The molecule has 0 aromatic rings. The zero-order chi connectivity index (χ0) is 12.6. The summed E-state index contributed by atoms with van der Waals surface area (Å²) in [5.41, 5.74) is 0.790. The van der Waals surface area contributed by atoms with E-state index in [0.29, 0.717) is 0 Å². The van der Waals surface area contributed by atoms with Crippen LogP contribution in [0.4, 0.5) is 0 Å². The summed E-state index contributed by atoms with van der Waals surface area (Å²) in [4.78, 5) is 8.36. The molecule has 2 rings (SSSR count). The Hall–Kier alpha value is -0.530. The molecule has 0 atom stereocenters. The Morgan fingerprint density at radius 1 is 1.06 bits per heavy atom. The molecule has 2 fully saturated rings. The monoisotopic (exact) mass is 240 g/mol. The second-order valence-electron chi connectivity index (χ2n) is 5.72. The molecule has 2 nitrogen and oxygen atoms in total. The topological polar surface area (TPSA) is 37.3 Å². The van der Waals surface area contributed by atoms with E-state index in [4.69, 9.17) is 9.90 Å². The molecule has 0 radical (unpaired) electrons. The fraction of sp³-hybridized carbons (Fsp3) is 0.933. The van der Waals surface area contributed by atoms with Gasteiger partial charge in [0.25, 0.3) is 6.47 Å². The van der Waals surface area contributed by atoms with Crippen LogP contribution in [0.2, 0.25) is 0 Å². The second kappa shape index (κ2) is 7.73. The van der Waals surface area contributed by atoms with Crippen molar-refractivity contribution in [2.45, 2.75) is 77.6 Å². The Balaban J connectivity index is 0.000000437. The summed E-state index contributed by atoms with van der Waals surface area (Å²) in [6.45, 7) is 2.19. The smallest absolute Gasteiger partial charge is 0.290 e. The molecule has 0 aromatic carbocycles. The van der Waals surface area contributed by atoms with Gasteiger partial charge in [-0.05, 0) is 37.0 Å². The predicted molar refractivity (Wildman–Crippen MR) is 71.1 cm³/mol. The van der Waals surface area contributed by atoms with Crippen molar-refractivity contribution in [3.63, 3.8) is 0 Å². The number of carbonyl (C=O) groups is 1. The molecule has 0 bridgehead atoms. The van der Waals surface area contributed by atoms with Gasteiger partial charge in [-0.15, -0.1) is 0 Å². The molecule has 100 valence electrons. The van der Waals surface area contributed by atoms with Crippen molar-refractivity contribution in [3.8, 4) is 0 Å². The molecular formula is C15H28O2. The van der Waals surface area contributed by atoms with E-state index in [-0.39, 0.29) is 6.47 Å². The first kappa shape index (κ1) is 14.5. The zero-order valence-electron chi connectivity index (χ0n) is 11.3. The lowest BCUT2D eigenvalue weighted by Gasteiger charge is -2.45. The maximum absolute atomic E-state index is 8.36. The highest BCUT2D eigenvalue weighted by Crippen LogP contribution is 2.50. The summed E-state index contributed by atoms with van der Waals surface area (Å²) < 4.78 is 0. The largest absolute Gasteiger partial charge is 0.483 e. The van der Waals surface area contributed by atoms with Gasteiger partial charge < -0.3 is 5.11 Å². The summed E-state index contributed by atoms with van der Waals surface area (Å²) in [5, 5.41) is 6.89. The Labute approximate surface area is 106 Å². The van der Waals surface area contributed by atoms with Gasteiger partial charge in [0.05, 0.1) is 0 Å². The van der Waals surface area contributed by atoms with E-state index in [9.17, 15) is 0 Å². The molecule has 2 aliphatic rings. The highest BCUT2D eigenvalue weighted by atomic mass is 16.3. The predicted octanol–water partition coefficient (Wildman–Crippen LogP) is 4.63. The van der Waals surface area contributed by atoms with Gasteiger partial charge in [-0.1, -0.05) is 51.9 Å². The van der Waals surface area contributed by atoms with Crippen LogP contribution in [0.5, 0.6) is 0 Å². The first-order valence-electron chi connectivity index (χ1n) is 7.37. The van der Waals surface area contributed by atoms with Gasteiger partial charge >= 0.3 is 0 Å². The van der Waals surface area contributed by atoms with Crippen molar-refractivity contribution < 1.29 is 9.90 Å². The van der Waals surface area contributed by atoms with Crippen molar-refractivity contribution in [2.75, 3.05) is 0 Å². The molecule has 0 saturated heterocycles. The number of hydrogen-bond donors (Lipinski definition) is 1. The van der Waals surface area contributed by atoms with Crippen LogP contribution < -0.4 is 0 Å². The van der Waals surface area contributed by atoms with E-state index in [1.165, 1.54) is 44.9 Å². The Kier molecular flexibility index (Phi) is 6.61. The quantitative estimate of drug-likeness (QED) is 0.715. The molecule has 0 spiro atoms. The van der Waals surface area contributed by atoms with Crippen molar-refractivity contribution in [1.29, 1.82) is 0 Å². The van der Waals surface area contributed by atoms with Gasteiger partial charge in [-0.25, -0.2) is 0 Å². The third-order valence-corrected chi connectivity index (χ3v) is 5.02. The van der Waals surface area contributed by atoms with Gasteiger partial charge in [0.2, 0.25) is 0 Å². The number of carboxylic acid groups (broad SMARTS) is 1. The summed E-state index contributed by atoms with van der Waals surface area (Å²) in [5.74, 6) is 1.10. The highest BCUT2D eigenvalue weighted by molar-refractivity contribution is 5.32. The lowest BCUT2D eigenvalue weighted by molar-refractivity contribution is -0.122. The van der Waals surface area contributed by atoms with Crippen LogP contribution in [0.3, 0.4) is 0 Å². The van der Waals surface area contributed by atoms with Crippen LogP contribution in [0, 0.1) is 11.3 Å². The molecule has 2 aliphatic carbocycles. The molecule has 0 amide bonds. The van der Waals surface area contributed by atoms with Crippen molar-refractivity contribution in [2.24, 2.45) is 11.3 Å². The second-order valence-corrected chi connectivity index (χ2v) is 5.72. The Morgan fingerprint density at radius 2 is 1.53 bits per heavy atom. The molecule has 1 N–H and O–H groups in total. The van der Waals surface area contributed by atoms with Crippen LogP contribution in [-0.2, 0) is 4.79 Å². The van der Waals surface area contributed by atoms with Crippen LogP contribution in [-0.4, -0.2) is 11.6 Å². The standard InChI is InChI=1S/C14H26.CH2O2/c1-2-14(11-7-4-8-12-14)13-9-5-3-6-10-13;2-1-3/h13H,2-12H2,1H3;1H,(H,2,3). The molecule has 0 aliphatic heterocycles. The minimum absolute atomic E-state index is 0.250. The molecule has 2 saturated carbocycles. The average Bonchev–Trinajstić information content (AvgIpc) is 2.41. The van der Waals surface area contributed by atoms with E-state index >= 15 is 0 Å². The first-order valence-corrected chi connectivity index (χ1v) is 7.37. The summed E-state index contributed by atoms with van der Waals surface area (Å²) >= 11 is 0. The maximum atomic E-state index is 8.36. The fourth-order valence-electron chi connectivity index (χ4n) is 4.02. The molecule has 0 heterocycles. The minimum Gasteiger partial charge on any atom is -0.483 e. The minimum atomic E-state index is -0.250. The summed E-state index contributed by atoms with van der Waals surface area (Å²) in [6.07, 6.45) is 16.7.